The second kappa shape index (κ2) is 8.73. The molecular formula is C18H18N2O3S2. The van der Waals surface area contributed by atoms with E-state index in [2.05, 4.69) is 16.7 Å². The van der Waals surface area contributed by atoms with Gasteiger partial charge < -0.3 is 15.4 Å². The van der Waals surface area contributed by atoms with Crippen LogP contribution in [0.1, 0.15) is 15.2 Å². The summed E-state index contributed by atoms with van der Waals surface area (Å²) in [4.78, 5) is 25.4. The number of hydrogen-bond donors (Lipinski definition) is 2. The largest absolute Gasteiger partial charge is 0.487 e. The van der Waals surface area contributed by atoms with Crippen molar-refractivity contribution in [2.45, 2.75) is 6.42 Å². The molecule has 0 saturated heterocycles. The topological polar surface area (TPSA) is 67.4 Å². The van der Waals surface area contributed by atoms with Crippen molar-refractivity contribution in [3.05, 3.63) is 63.4 Å². The van der Waals surface area contributed by atoms with Crippen LogP contribution >= 0.6 is 23.1 Å². The van der Waals surface area contributed by atoms with Crippen molar-refractivity contribution in [3.8, 4) is 0 Å². The maximum absolute atomic E-state index is 12.1. The van der Waals surface area contributed by atoms with Gasteiger partial charge in [-0.05, 0) is 42.1 Å². The number of carbonyl (C=O) groups excluding carboxylic acids is 2. The molecule has 1 aromatic carbocycles. The fourth-order valence-corrected chi connectivity index (χ4v) is 3.57. The second-order valence-electron chi connectivity index (χ2n) is 5.32. The summed E-state index contributed by atoms with van der Waals surface area (Å²) in [6.07, 6.45) is 0.824. The van der Waals surface area contributed by atoms with Crippen molar-refractivity contribution in [2.24, 2.45) is 0 Å². The summed E-state index contributed by atoms with van der Waals surface area (Å²) in [5, 5.41) is 9.40. The van der Waals surface area contributed by atoms with Crippen LogP contribution in [0, 0.1) is 0 Å². The number of anilines is 1. The molecule has 0 atom stereocenters. The van der Waals surface area contributed by atoms with Crippen molar-refractivity contribution in [3.63, 3.8) is 0 Å². The lowest BCUT2D eigenvalue weighted by atomic mass is 10.2. The van der Waals surface area contributed by atoms with E-state index in [9.17, 15) is 9.59 Å². The van der Waals surface area contributed by atoms with Gasteiger partial charge in [-0.2, -0.15) is 0 Å². The van der Waals surface area contributed by atoms with E-state index in [0.29, 0.717) is 30.2 Å². The number of hydrogen-bond acceptors (Lipinski definition) is 5. The van der Waals surface area contributed by atoms with Gasteiger partial charge >= 0.3 is 0 Å². The fraction of sp³-hybridized carbons (Fsp3) is 0.222. The number of amides is 2. The molecule has 130 valence electrons. The quantitative estimate of drug-likeness (QED) is 0.814. The minimum absolute atomic E-state index is 0.121. The normalized spacial score (nSPS) is 13.5. The molecule has 1 aliphatic rings. The van der Waals surface area contributed by atoms with Gasteiger partial charge in [-0.15, -0.1) is 23.1 Å². The highest BCUT2D eigenvalue weighted by Crippen LogP contribution is 2.17. The monoisotopic (exact) mass is 374 g/mol. The molecule has 0 fully saturated rings. The van der Waals surface area contributed by atoms with Crippen molar-refractivity contribution in [1.82, 2.24) is 5.32 Å². The summed E-state index contributed by atoms with van der Waals surface area (Å²) in [5.41, 5.74) is 1.19. The van der Waals surface area contributed by atoms with E-state index >= 15 is 0 Å². The van der Waals surface area contributed by atoms with Crippen LogP contribution in [0.4, 0.5) is 5.69 Å². The van der Waals surface area contributed by atoms with Crippen molar-refractivity contribution in [2.75, 3.05) is 24.2 Å². The summed E-state index contributed by atoms with van der Waals surface area (Å²) in [6.45, 7) is 1.13. The van der Waals surface area contributed by atoms with E-state index < -0.39 is 0 Å². The first kappa shape index (κ1) is 17.6. The van der Waals surface area contributed by atoms with Gasteiger partial charge in [0.2, 0.25) is 0 Å². The zero-order valence-electron chi connectivity index (χ0n) is 13.5. The van der Waals surface area contributed by atoms with Crippen molar-refractivity contribution < 1.29 is 14.3 Å². The Hall–Kier alpha value is -2.25. The van der Waals surface area contributed by atoms with Gasteiger partial charge in [-0.1, -0.05) is 6.07 Å². The van der Waals surface area contributed by atoms with Crippen LogP contribution in [0.3, 0.4) is 0 Å². The second-order valence-corrected chi connectivity index (χ2v) is 7.33. The molecular weight excluding hydrogens is 356 g/mol. The lowest BCUT2D eigenvalue weighted by Gasteiger charge is -2.14. The molecule has 1 aromatic heterocycles. The third-order valence-corrected chi connectivity index (χ3v) is 5.23. The van der Waals surface area contributed by atoms with Crippen molar-refractivity contribution in [1.29, 1.82) is 0 Å². The Balaban J connectivity index is 1.50. The van der Waals surface area contributed by atoms with E-state index in [4.69, 9.17) is 4.74 Å². The predicted molar refractivity (Wildman–Crippen MR) is 102 cm³/mol. The maximum Gasteiger partial charge on any atom is 0.291 e. The fourth-order valence-electron chi connectivity index (χ4n) is 2.24. The third kappa shape index (κ3) is 5.11. The number of thioether (sulfide) groups is 1. The van der Waals surface area contributed by atoms with E-state index in [1.807, 2.05) is 11.4 Å². The van der Waals surface area contributed by atoms with Gasteiger partial charge in [0, 0.05) is 33.8 Å². The Morgan fingerprint density at radius 1 is 1.12 bits per heavy atom. The van der Waals surface area contributed by atoms with Crippen molar-refractivity contribution >= 4 is 40.6 Å². The van der Waals surface area contributed by atoms with Gasteiger partial charge in [0.25, 0.3) is 11.8 Å². The van der Waals surface area contributed by atoms with Gasteiger partial charge in [0.1, 0.15) is 0 Å². The highest BCUT2D eigenvalue weighted by Gasteiger charge is 2.14. The number of rotatable bonds is 6. The Morgan fingerprint density at radius 3 is 2.64 bits per heavy atom. The molecule has 2 aromatic rings. The number of ether oxygens (including phenoxy) is 1. The molecule has 0 aliphatic carbocycles. The molecule has 0 spiro atoms. The number of carbonyl (C=O) groups is 2. The van der Waals surface area contributed by atoms with Crippen LogP contribution in [0.5, 0.6) is 0 Å². The molecule has 2 heterocycles. The predicted octanol–water partition coefficient (Wildman–Crippen LogP) is 3.26. The van der Waals surface area contributed by atoms with Gasteiger partial charge in [0.15, 0.2) is 5.76 Å². The van der Waals surface area contributed by atoms with Crippen LogP contribution in [0.2, 0.25) is 0 Å². The molecule has 0 bridgehead atoms. The molecule has 3 rings (SSSR count). The van der Waals surface area contributed by atoms with E-state index in [0.717, 1.165) is 12.2 Å². The molecule has 0 radical (unpaired) electrons. The number of thiophene rings is 1. The van der Waals surface area contributed by atoms with Gasteiger partial charge in [0.05, 0.1) is 6.61 Å². The minimum Gasteiger partial charge on any atom is -0.487 e. The molecule has 7 heteroatoms. The molecule has 0 saturated carbocycles. The highest BCUT2D eigenvalue weighted by atomic mass is 32.2. The Morgan fingerprint density at radius 2 is 1.96 bits per heavy atom. The first-order valence-corrected chi connectivity index (χ1v) is 9.82. The molecule has 0 unspecified atom stereocenters. The Labute approximate surface area is 154 Å². The summed E-state index contributed by atoms with van der Waals surface area (Å²) < 4.78 is 5.31. The van der Waals surface area contributed by atoms with E-state index in [1.54, 1.807) is 52.8 Å². The standard InChI is InChI=1S/C18H18N2O3S2/c21-17(19-8-7-15-2-1-10-25-15)13-3-5-14(6-4-13)20-18(22)16-12-24-11-9-23-16/h1-6,10,12H,7-9,11H2,(H,19,21)(H,20,22). The van der Waals surface area contributed by atoms with E-state index in [1.165, 1.54) is 4.88 Å². The minimum atomic E-state index is -0.277. The smallest absolute Gasteiger partial charge is 0.291 e. The third-order valence-electron chi connectivity index (χ3n) is 3.51. The van der Waals surface area contributed by atoms with Gasteiger partial charge in [-0.3, -0.25) is 9.59 Å². The maximum atomic E-state index is 12.1. The first-order chi connectivity index (χ1) is 12.2. The van der Waals surface area contributed by atoms with Crippen LogP contribution in [0.15, 0.2) is 52.9 Å². The summed E-state index contributed by atoms with van der Waals surface area (Å²) in [5.74, 6) is 0.781. The molecule has 2 N–H and O–H groups in total. The number of benzene rings is 1. The molecule has 25 heavy (non-hydrogen) atoms. The summed E-state index contributed by atoms with van der Waals surface area (Å²) in [7, 11) is 0. The lowest BCUT2D eigenvalue weighted by molar-refractivity contribution is -0.116. The SMILES string of the molecule is O=C(Nc1ccc(C(=O)NCCc2cccs2)cc1)C1=CSCCO1. The number of nitrogens with one attached hydrogen (secondary N) is 2. The van der Waals surface area contributed by atoms with Gasteiger partial charge in [-0.25, -0.2) is 0 Å². The molecule has 1 aliphatic heterocycles. The zero-order valence-corrected chi connectivity index (χ0v) is 15.1. The first-order valence-electron chi connectivity index (χ1n) is 7.89. The van der Waals surface area contributed by atoms with Crippen LogP contribution < -0.4 is 10.6 Å². The Kier molecular flexibility index (Phi) is 6.14. The lowest BCUT2D eigenvalue weighted by Crippen LogP contribution is -2.25. The van der Waals surface area contributed by atoms with Crippen LogP contribution in [-0.2, 0) is 16.0 Å². The average Bonchev–Trinajstić information content (AvgIpc) is 3.16. The Bertz CT molecular complexity index is 755. The molecule has 2 amide bonds. The van der Waals surface area contributed by atoms with E-state index in [-0.39, 0.29) is 11.8 Å². The average molecular weight is 374 g/mol. The highest BCUT2D eigenvalue weighted by molar-refractivity contribution is 8.02. The summed E-state index contributed by atoms with van der Waals surface area (Å²) >= 11 is 3.24. The zero-order chi connectivity index (χ0) is 17.5. The molecule has 5 nitrogen and oxygen atoms in total. The summed E-state index contributed by atoms with van der Waals surface area (Å²) in [6, 6.07) is 10.9. The van der Waals surface area contributed by atoms with Crippen LogP contribution in [-0.4, -0.2) is 30.7 Å². The van der Waals surface area contributed by atoms with Crippen LogP contribution in [0.25, 0.3) is 0 Å².